The van der Waals surface area contributed by atoms with Crippen molar-refractivity contribution in [2.24, 2.45) is 16.7 Å². The van der Waals surface area contributed by atoms with Gasteiger partial charge in [-0.3, -0.25) is 14.4 Å². The number of ketones is 2. The van der Waals surface area contributed by atoms with Crippen molar-refractivity contribution < 1.29 is 19.5 Å². The van der Waals surface area contributed by atoms with Crippen molar-refractivity contribution in [1.29, 1.82) is 0 Å². The molecular weight excluding hydrogens is 328 g/mol. The standard InChI is InChI=1S/C22H24O4/c1-13-10-18-16-5-4-14-11-15(24)6-8-20(14,2)17(16)7-9-21(18,3)22(13,26)19(25)12-23/h6-8,11-13,26H,4-5,9-10H2,1-3H3/t13-,20+,21+,22+/m1/s1. The second kappa shape index (κ2) is 5.23. The van der Waals surface area contributed by atoms with E-state index in [-0.39, 0.29) is 23.4 Å². The van der Waals surface area contributed by atoms with Crippen LogP contribution >= 0.6 is 0 Å². The number of aliphatic hydroxyl groups is 1. The molecule has 0 amide bonds. The quantitative estimate of drug-likeness (QED) is 0.612. The topological polar surface area (TPSA) is 71.4 Å². The Morgan fingerprint density at radius 3 is 2.73 bits per heavy atom. The summed E-state index contributed by atoms with van der Waals surface area (Å²) in [7, 11) is 0. The predicted octanol–water partition coefficient (Wildman–Crippen LogP) is 3.02. The van der Waals surface area contributed by atoms with E-state index in [1.165, 1.54) is 11.1 Å². The fraction of sp³-hybridized carbons (Fsp3) is 0.500. The van der Waals surface area contributed by atoms with E-state index < -0.39 is 16.8 Å². The van der Waals surface area contributed by atoms with Crippen molar-refractivity contribution in [3.63, 3.8) is 0 Å². The highest BCUT2D eigenvalue weighted by Crippen LogP contribution is 2.63. The molecule has 0 aromatic rings. The number of carbonyl (C=O) groups is 3. The lowest BCUT2D eigenvalue weighted by Gasteiger charge is -2.47. The molecule has 0 aromatic carbocycles. The molecule has 1 N–H and O–H groups in total. The third kappa shape index (κ3) is 1.86. The minimum atomic E-state index is -1.64. The van der Waals surface area contributed by atoms with Crippen LogP contribution in [0.4, 0.5) is 0 Å². The number of rotatable bonds is 2. The Balaban J connectivity index is 1.87. The Hall–Kier alpha value is -2.07. The van der Waals surface area contributed by atoms with Crippen LogP contribution in [0.15, 0.2) is 46.6 Å². The number of allylic oxidation sites excluding steroid dienone is 7. The highest BCUT2D eigenvalue weighted by molar-refractivity contribution is 6.29. The lowest BCUT2D eigenvalue weighted by molar-refractivity contribution is -0.155. The van der Waals surface area contributed by atoms with Crippen LogP contribution in [0.1, 0.15) is 46.5 Å². The second-order valence-electron chi connectivity index (χ2n) is 8.57. The van der Waals surface area contributed by atoms with E-state index >= 15 is 0 Å². The van der Waals surface area contributed by atoms with Crippen molar-refractivity contribution >= 4 is 17.9 Å². The minimum absolute atomic E-state index is 0.0373. The second-order valence-corrected chi connectivity index (χ2v) is 8.57. The van der Waals surface area contributed by atoms with Gasteiger partial charge >= 0.3 is 0 Å². The fourth-order valence-corrected chi connectivity index (χ4v) is 5.78. The van der Waals surface area contributed by atoms with Gasteiger partial charge in [-0.2, -0.15) is 0 Å². The maximum atomic E-state index is 12.4. The van der Waals surface area contributed by atoms with Crippen LogP contribution in [-0.2, 0) is 14.4 Å². The lowest BCUT2D eigenvalue weighted by Crippen LogP contribution is -2.54. The molecule has 4 heteroatoms. The number of aldehydes is 1. The maximum Gasteiger partial charge on any atom is 0.227 e. The average Bonchev–Trinajstić information content (AvgIpc) is 2.83. The van der Waals surface area contributed by atoms with E-state index in [1.54, 1.807) is 12.2 Å². The molecule has 0 bridgehead atoms. The summed E-state index contributed by atoms with van der Waals surface area (Å²) in [6.45, 7) is 5.91. The summed E-state index contributed by atoms with van der Waals surface area (Å²) in [6.07, 6.45) is 10.5. The van der Waals surface area contributed by atoms with Gasteiger partial charge in [-0.25, -0.2) is 0 Å². The zero-order chi connectivity index (χ0) is 18.9. The van der Waals surface area contributed by atoms with Gasteiger partial charge in [0.1, 0.15) is 5.60 Å². The van der Waals surface area contributed by atoms with E-state index in [2.05, 4.69) is 13.0 Å². The summed E-state index contributed by atoms with van der Waals surface area (Å²) >= 11 is 0. The smallest absolute Gasteiger partial charge is 0.227 e. The highest BCUT2D eigenvalue weighted by Gasteiger charge is 2.63. The Morgan fingerprint density at radius 1 is 1.31 bits per heavy atom. The molecule has 0 aliphatic heterocycles. The first-order valence-corrected chi connectivity index (χ1v) is 9.28. The Bertz CT molecular complexity index is 871. The molecule has 2 fully saturated rings. The van der Waals surface area contributed by atoms with E-state index in [0.29, 0.717) is 12.8 Å². The number of hydrogen-bond acceptors (Lipinski definition) is 4. The van der Waals surface area contributed by atoms with Gasteiger partial charge in [-0.15, -0.1) is 0 Å². The molecule has 4 aliphatic rings. The Kier molecular flexibility index (Phi) is 3.49. The molecule has 0 unspecified atom stereocenters. The van der Waals surface area contributed by atoms with Crippen molar-refractivity contribution in [2.45, 2.75) is 52.1 Å². The Labute approximate surface area is 153 Å². The monoisotopic (exact) mass is 352 g/mol. The molecule has 4 atom stereocenters. The first-order valence-electron chi connectivity index (χ1n) is 9.28. The van der Waals surface area contributed by atoms with Crippen molar-refractivity contribution in [1.82, 2.24) is 0 Å². The van der Waals surface area contributed by atoms with Crippen LogP contribution < -0.4 is 0 Å². The molecule has 0 heterocycles. The molecule has 0 spiro atoms. The van der Waals surface area contributed by atoms with Crippen LogP contribution in [0.5, 0.6) is 0 Å². The number of fused-ring (bicyclic) bond motifs is 4. The van der Waals surface area contributed by atoms with Gasteiger partial charge < -0.3 is 5.11 Å². The molecule has 2 saturated carbocycles. The van der Waals surface area contributed by atoms with E-state index in [9.17, 15) is 19.5 Å². The molecule has 4 rings (SSSR count). The summed E-state index contributed by atoms with van der Waals surface area (Å²) in [4.78, 5) is 35.4. The average molecular weight is 352 g/mol. The van der Waals surface area contributed by atoms with Crippen LogP contribution in [0.3, 0.4) is 0 Å². The number of hydrogen-bond donors (Lipinski definition) is 1. The SMILES string of the molecule is C[C@@H]1CC2=C3CCC4=CC(=O)C=C[C@]4(C)C3=CC[C@]2(C)[C@@]1(O)C(=O)C=O. The summed E-state index contributed by atoms with van der Waals surface area (Å²) < 4.78 is 0. The molecule has 4 aliphatic carbocycles. The molecule has 26 heavy (non-hydrogen) atoms. The maximum absolute atomic E-state index is 12.4. The third-order valence-corrected chi connectivity index (χ3v) is 7.39. The minimum Gasteiger partial charge on any atom is -0.380 e. The summed E-state index contributed by atoms with van der Waals surface area (Å²) in [5.74, 6) is -0.977. The van der Waals surface area contributed by atoms with Gasteiger partial charge in [0.05, 0.1) is 0 Å². The molecule has 0 aromatic heterocycles. The molecule has 0 saturated heterocycles. The first kappa shape index (κ1) is 17.3. The fourth-order valence-electron chi connectivity index (χ4n) is 5.78. The lowest BCUT2D eigenvalue weighted by atomic mass is 9.57. The predicted molar refractivity (Wildman–Crippen MR) is 97.2 cm³/mol. The molecular formula is C22H24O4. The van der Waals surface area contributed by atoms with E-state index in [0.717, 1.165) is 24.0 Å². The molecule has 136 valence electrons. The van der Waals surface area contributed by atoms with Crippen LogP contribution in [0, 0.1) is 16.7 Å². The van der Waals surface area contributed by atoms with Crippen LogP contribution in [0.25, 0.3) is 0 Å². The van der Waals surface area contributed by atoms with Gasteiger partial charge in [0, 0.05) is 10.8 Å². The van der Waals surface area contributed by atoms with Gasteiger partial charge in [-0.1, -0.05) is 37.1 Å². The van der Waals surface area contributed by atoms with Crippen LogP contribution in [0.2, 0.25) is 0 Å². The Morgan fingerprint density at radius 2 is 2.04 bits per heavy atom. The summed E-state index contributed by atoms with van der Waals surface area (Å²) in [6, 6.07) is 0. The first-order chi connectivity index (χ1) is 12.2. The van der Waals surface area contributed by atoms with Gasteiger partial charge in [0.15, 0.2) is 12.1 Å². The van der Waals surface area contributed by atoms with Crippen molar-refractivity contribution in [3.8, 4) is 0 Å². The zero-order valence-corrected chi connectivity index (χ0v) is 15.5. The number of carbonyl (C=O) groups excluding carboxylic acids is 3. The molecule has 4 nitrogen and oxygen atoms in total. The van der Waals surface area contributed by atoms with Crippen molar-refractivity contribution in [3.05, 3.63) is 46.6 Å². The largest absolute Gasteiger partial charge is 0.380 e. The van der Waals surface area contributed by atoms with Gasteiger partial charge in [0.25, 0.3) is 0 Å². The highest BCUT2D eigenvalue weighted by atomic mass is 16.3. The summed E-state index contributed by atoms with van der Waals surface area (Å²) in [5, 5.41) is 11.3. The van der Waals surface area contributed by atoms with Gasteiger partial charge in [-0.05, 0) is 61.8 Å². The van der Waals surface area contributed by atoms with E-state index in [1.807, 2.05) is 19.9 Å². The van der Waals surface area contributed by atoms with Crippen LogP contribution in [-0.4, -0.2) is 28.6 Å². The third-order valence-electron chi connectivity index (χ3n) is 7.39. The zero-order valence-electron chi connectivity index (χ0n) is 15.5. The summed E-state index contributed by atoms with van der Waals surface area (Å²) in [5.41, 5.74) is 1.97. The molecule has 0 radical (unpaired) electrons. The van der Waals surface area contributed by atoms with Gasteiger partial charge in [0.2, 0.25) is 5.78 Å². The number of Topliss-reactive ketones (excluding diaryl/α,β-unsaturated/α-hetero) is 1. The van der Waals surface area contributed by atoms with Crippen molar-refractivity contribution in [2.75, 3.05) is 0 Å². The normalized spacial score (nSPS) is 41.1. The van der Waals surface area contributed by atoms with E-state index in [4.69, 9.17) is 0 Å².